The van der Waals surface area contributed by atoms with Gasteiger partial charge in [0.05, 0.1) is 24.6 Å². The van der Waals surface area contributed by atoms with Gasteiger partial charge >= 0.3 is 5.97 Å². The van der Waals surface area contributed by atoms with Gasteiger partial charge in [0.1, 0.15) is 5.60 Å². The van der Waals surface area contributed by atoms with Gasteiger partial charge in [0.2, 0.25) is 15.9 Å². The largest absolute Gasteiger partial charge is 0.460 e. The van der Waals surface area contributed by atoms with E-state index >= 15 is 0 Å². The molecule has 2 aliphatic rings. The van der Waals surface area contributed by atoms with Gasteiger partial charge in [-0.1, -0.05) is 84.6 Å². The molecule has 49 heavy (non-hydrogen) atoms. The lowest BCUT2D eigenvalue weighted by Gasteiger charge is -2.49. The van der Waals surface area contributed by atoms with Crippen LogP contribution in [0.5, 0.6) is 0 Å². The second-order valence-electron chi connectivity index (χ2n) is 13.9. The molecule has 3 aromatic carbocycles. The third-order valence-corrected chi connectivity index (χ3v) is 10.2. The number of esters is 1. The molecule has 1 heterocycles. The molecule has 0 spiro atoms. The predicted molar refractivity (Wildman–Crippen MR) is 191 cm³/mol. The van der Waals surface area contributed by atoms with Crippen molar-refractivity contribution in [3.8, 4) is 0 Å². The SMILES string of the molecule is CC(C)(C)OC(=O)Cc1ccc(CCNC(=O)[C@@H]2c3ccccc3C(=O)N([C@H]3CCCC[C@@H]3NS(C)(=O)=O)[C@H]2c2ccc(Cl)cc2Cl)cc1. The van der Waals surface area contributed by atoms with E-state index in [0.29, 0.717) is 52.5 Å². The molecule has 0 saturated heterocycles. The fourth-order valence-electron chi connectivity index (χ4n) is 6.94. The van der Waals surface area contributed by atoms with Crippen molar-refractivity contribution in [3.63, 3.8) is 0 Å². The number of hydrogen-bond donors (Lipinski definition) is 2. The van der Waals surface area contributed by atoms with Gasteiger partial charge in [0, 0.05) is 34.2 Å². The van der Waals surface area contributed by atoms with Gasteiger partial charge in [0.25, 0.3) is 5.91 Å². The second-order valence-corrected chi connectivity index (χ2v) is 16.5. The first-order valence-electron chi connectivity index (χ1n) is 16.5. The minimum absolute atomic E-state index is 0.167. The molecule has 0 bridgehead atoms. The number of amides is 2. The molecule has 262 valence electrons. The summed E-state index contributed by atoms with van der Waals surface area (Å²) < 4.78 is 33.1. The first kappa shape index (κ1) is 36.8. The zero-order chi connectivity index (χ0) is 35.5. The van der Waals surface area contributed by atoms with E-state index in [1.807, 2.05) is 45.0 Å². The molecule has 3 aromatic rings. The fourth-order valence-corrected chi connectivity index (χ4v) is 8.28. The van der Waals surface area contributed by atoms with Crippen molar-refractivity contribution >= 4 is 51.0 Å². The fraction of sp³-hybridized carbons (Fsp3) is 0.432. The molecule has 1 aliphatic carbocycles. The number of rotatable bonds is 10. The van der Waals surface area contributed by atoms with Crippen LogP contribution in [0.25, 0.3) is 0 Å². The van der Waals surface area contributed by atoms with Crippen LogP contribution in [0.2, 0.25) is 10.0 Å². The highest BCUT2D eigenvalue weighted by atomic mass is 35.5. The van der Waals surface area contributed by atoms with Crippen molar-refractivity contribution in [2.24, 2.45) is 0 Å². The summed E-state index contributed by atoms with van der Waals surface area (Å²) in [5.74, 6) is -1.71. The number of carbonyl (C=O) groups is 3. The van der Waals surface area contributed by atoms with E-state index in [1.54, 1.807) is 47.4 Å². The van der Waals surface area contributed by atoms with E-state index in [9.17, 15) is 22.8 Å². The predicted octanol–water partition coefficient (Wildman–Crippen LogP) is 6.38. The van der Waals surface area contributed by atoms with Crippen LogP contribution < -0.4 is 10.0 Å². The van der Waals surface area contributed by atoms with Crippen LogP contribution >= 0.6 is 23.2 Å². The third kappa shape index (κ3) is 9.22. The standard InChI is InChI=1S/C37H43Cl2N3O6S/c1-37(2,3)48-32(43)21-24-15-13-23(14-16-24)19-20-40-35(44)33-26-9-5-6-10-27(26)36(45)42(34(33)28-18-17-25(38)22-29(28)39)31-12-8-7-11-30(31)41-49(4,46)47/h5-6,9-10,13-18,22,30-31,33-34,41H,7-8,11-12,19-21H2,1-4H3,(H,40,44)/t30-,31-,33+,34-/m0/s1. The Labute approximate surface area is 298 Å². The average molecular weight is 729 g/mol. The summed E-state index contributed by atoms with van der Waals surface area (Å²) in [6, 6.07) is 17.8. The number of halogens is 2. The van der Waals surface area contributed by atoms with E-state index in [-0.39, 0.29) is 24.2 Å². The van der Waals surface area contributed by atoms with Crippen molar-refractivity contribution in [3.05, 3.63) is 105 Å². The number of hydrogen-bond acceptors (Lipinski definition) is 6. The van der Waals surface area contributed by atoms with Gasteiger partial charge in [-0.15, -0.1) is 0 Å². The first-order chi connectivity index (χ1) is 23.1. The Hall–Kier alpha value is -3.44. The summed E-state index contributed by atoms with van der Waals surface area (Å²) >= 11 is 13.1. The van der Waals surface area contributed by atoms with Crippen LogP contribution in [0.3, 0.4) is 0 Å². The summed E-state index contributed by atoms with van der Waals surface area (Å²) in [6.07, 6.45) is 4.53. The second kappa shape index (κ2) is 15.2. The first-order valence-corrected chi connectivity index (χ1v) is 19.2. The van der Waals surface area contributed by atoms with E-state index in [2.05, 4.69) is 10.0 Å². The summed E-state index contributed by atoms with van der Waals surface area (Å²) in [4.78, 5) is 42.7. The minimum atomic E-state index is -3.59. The Morgan fingerprint density at radius 1 is 0.939 bits per heavy atom. The maximum absolute atomic E-state index is 14.4. The van der Waals surface area contributed by atoms with Crippen LogP contribution in [-0.2, 0) is 37.2 Å². The number of benzene rings is 3. The maximum Gasteiger partial charge on any atom is 0.310 e. The molecule has 1 saturated carbocycles. The van der Waals surface area contributed by atoms with Crippen molar-refractivity contribution in [2.45, 2.75) is 88.9 Å². The summed E-state index contributed by atoms with van der Waals surface area (Å²) in [7, 11) is -3.59. The number of ether oxygens (including phenoxy) is 1. The molecule has 4 atom stereocenters. The third-order valence-electron chi connectivity index (χ3n) is 8.90. The lowest BCUT2D eigenvalue weighted by Crippen LogP contribution is -2.59. The monoisotopic (exact) mass is 727 g/mol. The lowest BCUT2D eigenvalue weighted by molar-refractivity contribution is -0.153. The molecule has 2 amide bonds. The summed E-state index contributed by atoms with van der Waals surface area (Å²) in [5, 5.41) is 3.82. The van der Waals surface area contributed by atoms with Gasteiger partial charge in [-0.05, 0) is 80.5 Å². The van der Waals surface area contributed by atoms with Crippen molar-refractivity contribution < 1.29 is 27.5 Å². The van der Waals surface area contributed by atoms with Crippen LogP contribution in [-0.4, -0.2) is 61.6 Å². The molecular weight excluding hydrogens is 685 g/mol. The Bertz CT molecular complexity index is 1810. The normalized spacial score (nSPS) is 21.2. The zero-order valence-corrected chi connectivity index (χ0v) is 30.5. The van der Waals surface area contributed by atoms with Crippen LogP contribution in [0.4, 0.5) is 0 Å². The number of nitrogens with one attached hydrogen (secondary N) is 2. The molecule has 0 unspecified atom stereocenters. The van der Waals surface area contributed by atoms with Gasteiger partial charge in [-0.25, -0.2) is 13.1 Å². The zero-order valence-electron chi connectivity index (χ0n) is 28.2. The summed E-state index contributed by atoms with van der Waals surface area (Å²) in [5.41, 5.74) is 2.78. The highest BCUT2D eigenvalue weighted by Gasteiger charge is 2.49. The van der Waals surface area contributed by atoms with E-state index in [0.717, 1.165) is 30.2 Å². The van der Waals surface area contributed by atoms with Crippen LogP contribution in [0.15, 0.2) is 66.7 Å². The average Bonchev–Trinajstić information content (AvgIpc) is 3.01. The number of nitrogens with zero attached hydrogens (tertiary/aromatic N) is 1. The van der Waals surface area contributed by atoms with Crippen molar-refractivity contribution in [2.75, 3.05) is 12.8 Å². The quantitative estimate of drug-likeness (QED) is 0.234. The molecule has 2 N–H and O–H groups in total. The highest BCUT2D eigenvalue weighted by Crippen LogP contribution is 2.47. The smallest absolute Gasteiger partial charge is 0.310 e. The minimum Gasteiger partial charge on any atom is -0.460 e. The van der Waals surface area contributed by atoms with Gasteiger partial charge in [-0.2, -0.15) is 0 Å². The van der Waals surface area contributed by atoms with Gasteiger partial charge in [0.15, 0.2) is 0 Å². The molecule has 12 heteroatoms. The highest BCUT2D eigenvalue weighted by molar-refractivity contribution is 7.88. The number of carbonyl (C=O) groups excluding carboxylic acids is 3. The molecule has 9 nitrogen and oxygen atoms in total. The molecule has 0 radical (unpaired) electrons. The molecule has 1 fully saturated rings. The van der Waals surface area contributed by atoms with E-state index in [4.69, 9.17) is 27.9 Å². The maximum atomic E-state index is 14.4. The number of fused-ring (bicyclic) bond motifs is 1. The Morgan fingerprint density at radius 3 is 2.29 bits per heavy atom. The Balaban J connectivity index is 1.44. The van der Waals surface area contributed by atoms with Crippen molar-refractivity contribution in [1.29, 1.82) is 0 Å². The summed E-state index contributed by atoms with van der Waals surface area (Å²) in [6.45, 7) is 5.82. The molecule has 5 rings (SSSR count). The molecule has 1 aliphatic heterocycles. The van der Waals surface area contributed by atoms with Crippen LogP contribution in [0, 0.1) is 0 Å². The van der Waals surface area contributed by atoms with E-state index in [1.165, 1.54) is 0 Å². The molecular formula is C37H43Cl2N3O6S. The molecule has 0 aromatic heterocycles. The van der Waals surface area contributed by atoms with Crippen molar-refractivity contribution in [1.82, 2.24) is 14.9 Å². The Kier molecular flexibility index (Phi) is 11.4. The van der Waals surface area contributed by atoms with Gasteiger partial charge < -0.3 is 15.0 Å². The van der Waals surface area contributed by atoms with Gasteiger partial charge in [-0.3, -0.25) is 14.4 Å². The van der Waals surface area contributed by atoms with Crippen LogP contribution in [0.1, 0.15) is 91.0 Å². The Morgan fingerprint density at radius 2 is 1.61 bits per heavy atom. The van der Waals surface area contributed by atoms with E-state index < -0.39 is 39.7 Å². The lowest BCUT2D eigenvalue weighted by atomic mass is 9.76. The topological polar surface area (TPSA) is 122 Å². The number of sulfonamides is 1.